The molecule has 2 rings (SSSR count). The Kier molecular flexibility index (Phi) is 3.65. The number of hydrogen-bond donors (Lipinski definition) is 1. The van der Waals surface area contributed by atoms with Crippen LogP contribution >= 0.6 is 0 Å². The highest BCUT2D eigenvalue weighted by Crippen LogP contribution is 2.40. The van der Waals surface area contributed by atoms with Crippen LogP contribution in [0.1, 0.15) is 33.3 Å². The van der Waals surface area contributed by atoms with E-state index in [1.54, 1.807) is 13.2 Å². The van der Waals surface area contributed by atoms with Gasteiger partial charge in [0.1, 0.15) is 17.0 Å². The number of benzene rings is 1. The van der Waals surface area contributed by atoms with E-state index in [-0.39, 0.29) is 5.60 Å². The van der Waals surface area contributed by atoms with E-state index in [4.69, 9.17) is 14.2 Å². The highest BCUT2D eigenvalue weighted by Gasteiger charge is 2.41. The molecule has 1 aromatic rings. The monoisotopic (exact) mass is 279 g/mol. The number of rotatable bonds is 3. The van der Waals surface area contributed by atoms with Crippen molar-refractivity contribution in [2.75, 3.05) is 19.0 Å². The molecule has 110 valence electrons. The van der Waals surface area contributed by atoms with E-state index in [0.717, 1.165) is 5.56 Å². The molecule has 1 fully saturated rings. The van der Waals surface area contributed by atoms with Crippen LogP contribution in [0.3, 0.4) is 0 Å². The lowest BCUT2D eigenvalue weighted by molar-refractivity contribution is 0.0635. The third-order valence-electron chi connectivity index (χ3n) is 3.03. The fraction of sp³-hybridized carbons (Fsp3) is 0.533. The highest BCUT2D eigenvalue weighted by molar-refractivity contribution is 5.87. The largest absolute Gasteiger partial charge is 0.495 e. The predicted molar refractivity (Wildman–Crippen MR) is 76.2 cm³/mol. The van der Waals surface area contributed by atoms with E-state index >= 15 is 0 Å². The van der Waals surface area contributed by atoms with Gasteiger partial charge in [0.05, 0.1) is 19.4 Å². The zero-order valence-electron chi connectivity index (χ0n) is 12.6. The number of carbonyl (C=O) groups excluding carboxylic acids is 1. The van der Waals surface area contributed by atoms with E-state index in [0.29, 0.717) is 18.0 Å². The molecule has 0 saturated carbocycles. The summed E-state index contributed by atoms with van der Waals surface area (Å²) in [5, 5.41) is 2.69. The predicted octanol–water partition coefficient (Wildman–Crippen LogP) is 3.29. The van der Waals surface area contributed by atoms with E-state index in [2.05, 4.69) is 5.32 Å². The second-order valence-corrected chi connectivity index (χ2v) is 6.06. The Morgan fingerprint density at radius 2 is 2.05 bits per heavy atom. The average Bonchev–Trinajstić information content (AvgIpc) is 3.06. The van der Waals surface area contributed by atoms with E-state index < -0.39 is 11.7 Å². The first-order chi connectivity index (χ1) is 9.23. The van der Waals surface area contributed by atoms with Crippen LogP contribution in [0.5, 0.6) is 5.75 Å². The number of ether oxygens (including phenoxy) is 3. The summed E-state index contributed by atoms with van der Waals surface area (Å²) in [6.45, 7) is 8.17. The number of carbonyl (C=O) groups is 1. The van der Waals surface area contributed by atoms with E-state index in [1.165, 1.54) is 0 Å². The Labute approximate surface area is 119 Å². The number of anilines is 1. The summed E-state index contributed by atoms with van der Waals surface area (Å²) in [6.07, 6.45) is -0.502. The zero-order valence-corrected chi connectivity index (χ0v) is 12.6. The molecular weight excluding hydrogens is 258 g/mol. The van der Waals surface area contributed by atoms with Crippen molar-refractivity contribution in [1.82, 2.24) is 0 Å². The first-order valence-electron chi connectivity index (χ1n) is 6.56. The molecule has 5 nitrogen and oxygen atoms in total. The summed E-state index contributed by atoms with van der Waals surface area (Å²) in [7, 11) is 1.56. The molecular formula is C15H21NO4. The third-order valence-corrected chi connectivity index (χ3v) is 3.03. The number of epoxide rings is 1. The fourth-order valence-corrected chi connectivity index (χ4v) is 1.81. The molecule has 1 atom stereocenters. The average molecular weight is 279 g/mol. The van der Waals surface area contributed by atoms with Gasteiger partial charge in [0.2, 0.25) is 0 Å². The molecule has 0 aliphatic carbocycles. The van der Waals surface area contributed by atoms with Gasteiger partial charge in [0.15, 0.2) is 0 Å². The van der Waals surface area contributed by atoms with E-state index in [9.17, 15) is 4.79 Å². The molecule has 1 aliphatic heterocycles. The molecule has 20 heavy (non-hydrogen) atoms. The molecule has 0 radical (unpaired) electrons. The molecule has 0 bridgehead atoms. The van der Waals surface area contributed by atoms with Crippen LogP contribution in [0.4, 0.5) is 10.5 Å². The number of hydrogen-bond acceptors (Lipinski definition) is 4. The Bertz CT molecular complexity index is 515. The first kappa shape index (κ1) is 14.7. The van der Waals surface area contributed by atoms with Gasteiger partial charge >= 0.3 is 6.09 Å². The summed E-state index contributed by atoms with van der Waals surface area (Å²) in [5.41, 5.74) is 0.850. The molecule has 0 spiro atoms. The van der Waals surface area contributed by atoms with Crippen LogP contribution in [0, 0.1) is 0 Å². The Morgan fingerprint density at radius 1 is 1.40 bits per heavy atom. The zero-order chi connectivity index (χ0) is 15.0. The standard InChI is InChI=1S/C15H21NO4/c1-14(2,3)20-13(17)16-11-7-6-10(8-12(11)18-5)15(4)9-19-15/h6-8H,9H2,1-5H3,(H,16,17). The molecule has 1 heterocycles. The molecule has 1 amide bonds. The van der Waals surface area contributed by atoms with Gasteiger partial charge < -0.3 is 14.2 Å². The third kappa shape index (κ3) is 3.42. The van der Waals surface area contributed by atoms with Crippen molar-refractivity contribution >= 4 is 11.8 Å². The molecule has 1 aliphatic rings. The summed E-state index contributed by atoms with van der Waals surface area (Å²) in [4.78, 5) is 11.8. The van der Waals surface area contributed by atoms with Crippen molar-refractivity contribution in [2.45, 2.75) is 38.9 Å². The van der Waals surface area contributed by atoms with Crippen LogP contribution in [-0.2, 0) is 15.1 Å². The van der Waals surface area contributed by atoms with E-state index in [1.807, 2.05) is 39.8 Å². The van der Waals surface area contributed by atoms with Crippen molar-refractivity contribution in [3.63, 3.8) is 0 Å². The van der Waals surface area contributed by atoms with Gasteiger partial charge in [-0.15, -0.1) is 0 Å². The second kappa shape index (κ2) is 4.98. The Hall–Kier alpha value is -1.75. The first-order valence-corrected chi connectivity index (χ1v) is 6.56. The van der Waals surface area contributed by atoms with Crippen LogP contribution in [-0.4, -0.2) is 25.4 Å². The molecule has 1 unspecified atom stereocenters. The molecule has 5 heteroatoms. The van der Waals surface area contributed by atoms with Crippen LogP contribution in [0.2, 0.25) is 0 Å². The maximum Gasteiger partial charge on any atom is 0.412 e. The highest BCUT2D eigenvalue weighted by atomic mass is 16.6. The van der Waals surface area contributed by atoms with Crippen molar-refractivity contribution in [2.24, 2.45) is 0 Å². The van der Waals surface area contributed by atoms with Gasteiger partial charge in [-0.2, -0.15) is 0 Å². The lowest BCUT2D eigenvalue weighted by Gasteiger charge is -2.20. The molecule has 1 aromatic carbocycles. The van der Waals surface area contributed by atoms with Gasteiger partial charge in [0, 0.05) is 0 Å². The van der Waals surface area contributed by atoms with Crippen LogP contribution in [0.25, 0.3) is 0 Å². The number of methoxy groups -OCH3 is 1. The lowest BCUT2D eigenvalue weighted by Crippen LogP contribution is -2.27. The summed E-state index contributed by atoms with van der Waals surface area (Å²) in [6, 6.07) is 5.59. The van der Waals surface area contributed by atoms with Gasteiger partial charge in [0.25, 0.3) is 0 Å². The topological polar surface area (TPSA) is 60.1 Å². The summed E-state index contributed by atoms with van der Waals surface area (Å²) >= 11 is 0. The minimum absolute atomic E-state index is 0.224. The maximum absolute atomic E-state index is 11.8. The van der Waals surface area contributed by atoms with Gasteiger partial charge in [-0.1, -0.05) is 6.07 Å². The quantitative estimate of drug-likeness (QED) is 0.862. The van der Waals surface area contributed by atoms with Gasteiger partial charge in [-0.25, -0.2) is 4.79 Å². The SMILES string of the molecule is COc1cc(C2(C)CO2)ccc1NC(=O)OC(C)(C)C. The van der Waals surface area contributed by atoms with Gasteiger partial charge in [-0.3, -0.25) is 5.32 Å². The van der Waals surface area contributed by atoms with Gasteiger partial charge in [-0.05, 0) is 45.4 Å². The minimum atomic E-state index is -0.535. The maximum atomic E-state index is 11.8. The molecule has 1 N–H and O–H groups in total. The van der Waals surface area contributed by atoms with Crippen LogP contribution in [0.15, 0.2) is 18.2 Å². The number of nitrogens with one attached hydrogen (secondary N) is 1. The lowest BCUT2D eigenvalue weighted by atomic mass is 10.0. The minimum Gasteiger partial charge on any atom is -0.495 e. The van der Waals surface area contributed by atoms with Crippen molar-refractivity contribution in [3.8, 4) is 5.75 Å². The molecule has 1 saturated heterocycles. The summed E-state index contributed by atoms with van der Waals surface area (Å²) in [5.74, 6) is 0.588. The summed E-state index contributed by atoms with van der Waals surface area (Å²) < 4.78 is 15.9. The normalized spacial score (nSPS) is 21.2. The number of amides is 1. The smallest absolute Gasteiger partial charge is 0.412 e. The molecule has 0 aromatic heterocycles. The van der Waals surface area contributed by atoms with Crippen molar-refractivity contribution in [3.05, 3.63) is 23.8 Å². The second-order valence-electron chi connectivity index (χ2n) is 6.06. The Balaban J connectivity index is 2.14. The fourth-order valence-electron chi connectivity index (χ4n) is 1.81. The van der Waals surface area contributed by atoms with Crippen molar-refractivity contribution < 1.29 is 19.0 Å². The van der Waals surface area contributed by atoms with Crippen molar-refractivity contribution in [1.29, 1.82) is 0 Å². The Morgan fingerprint density at radius 3 is 2.55 bits per heavy atom. The van der Waals surface area contributed by atoms with Crippen LogP contribution < -0.4 is 10.1 Å².